The predicted molar refractivity (Wildman–Crippen MR) is 84.7 cm³/mol. The Kier molecular flexibility index (Phi) is 5.01. The van der Waals surface area contributed by atoms with Gasteiger partial charge in [-0.3, -0.25) is 0 Å². The van der Waals surface area contributed by atoms with Crippen LogP contribution in [0.25, 0.3) is 0 Å². The third-order valence-corrected chi connectivity index (χ3v) is 4.57. The molecule has 1 aromatic carbocycles. The second-order valence-electron chi connectivity index (χ2n) is 5.40. The second-order valence-corrected chi connectivity index (χ2v) is 5.79. The van der Waals surface area contributed by atoms with Gasteiger partial charge in [0.1, 0.15) is 11.6 Å². The highest BCUT2D eigenvalue weighted by Crippen LogP contribution is 2.29. The molecule has 0 aromatic heterocycles. The molecule has 1 aliphatic carbocycles. The Bertz CT molecular complexity index is 555. The molecule has 1 heterocycles. The van der Waals surface area contributed by atoms with Gasteiger partial charge >= 0.3 is 0 Å². The van der Waals surface area contributed by atoms with Gasteiger partial charge in [0.25, 0.3) is 0 Å². The van der Waals surface area contributed by atoms with Crippen molar-refractivity contribution in [1.82, 2.24) is 10.2 Å². The van der Waals surface area contributed by atoms with Gasteiger partial charge in [0.2, 0.25) is 0 Å². The summed E-state index contributed by atoms with van der Waals surface area (Å²) in [6.45, 7) is 1.27. The summed E-state index contributed by atoms with van der Waals surface area (Å²) in [4.78, 5) is 2.11. The Labute approximate surface area is 134 Å². The largest absolute Gasteiger partial charge is 0.360 e. The van der Waals surface area contributed by atoms with E-state index in [1.165, 1.54) is 6.07 Å². The van der Waals surface area contributed by atoms with Crippen LogP contribution in [0.4, 0.5) is 8.78 Å². The smallest absolute Gasteiger partial charge is 0.169 e. The SMILES string of the molecule is Cl.NCC1CNC(=S)N1C1CCc2c(F)cc(F)cc2C1. The van der Waals surface area contributed by atoms with E-state index < -0.39 is 11.6 Å². The fraction of sp³-hybridized carbons (Fsp3) is 0.500. The third-order valence-electron chi connectivity index (χ3n) is 4.22. The average molecular weight is 334 g/mol. The van der Waals surface area contributed by atoms with Crippen molar-refractivity contribution in [2.24, 2.45) is 5.73 Å². The molecule has 1 fully saturated rings. The monoisotopic (exact) mass is 333 g/mol. The first-order valence-electron chi connectivity index (χ1n) is 6.83. The zero-order valence-electron chi connectivity index (χ0n) is 11.4. The zero-order valence-corrected chi connectivity index (χ0v) is 13.1. The molecule has 2 unspecified atom stereocenters. The molecular weight excluding hydrogens is 316 g/mol. The van der Waals surface area contributed by atoms with E-state index in [-0.39, 0.29) is 24.5 Å². The molecule has 0 amide bonds. The van der Waals surface area contributed by atoms with Crippen LogP contribution in [-0.4, -0.2) is 35.2 Å². The number of benzene rings is 1. The maximum atomic E-state index is 13.7. The number of thiocarbonyl (C=S) groups is 1. The second kappa shape index (κ2) is 6.42. The van der Waals surface area contributed by atoms with Crippen molar-refractivity contribution in [3.8, 4) is 0 Å². The number of hydrogen-bond acceptors (Lipinski definition) is 2. The lowest BCUT2D eigenvalue weighted by atomic mass is 9.86. The molecule has 0 saturated carbocycles. The van der Waals surface area contributed by atoms with Gasteiger partial charge < -0.3 is 16.0 Å². The molecule has 3 N–H and O–H groups in total. The maximum Gasteiger partial charge on any atom is 0.169 e. The number of nitrogens with two attached hydrogens (primary N) is 1. The van der Waals surface area contributed by atoms with Crippen LogP contribution in [0.15, 0.2) is 12.1 Å². The number of hydrogen-bond donors (Lipinski definition) is 2. The predicted octanol–water partition coefficient (Wildman–Crippen LogP) is 1.76. The van der Waals surface area contributed by atoms with E-state index in [4.69, 9.17) is 18.0 Å². The number of nitrogens with zero attached hydrogens (tertiary/aromatic N) is 1. The molecule has 0 bridgehead atoms. The van der Waals surface area contributed by atoms with Gasteiger partial charge in [-0.2, -0.15) is 0 Å². The fourth-order valence-electron chi connectivity index (χ4n) is 3.24. The van der Waals surface area contributed by atoms with Crippen LogP contribution < -0.4 is 11.1 Å². The van der Waals surface area contributed by atoms with E-state index in [1.54, 1.807) is 0 Å². The molecule has 7 heteroatoms. The first kappa shape index (κ1) is 16.4. The maximum absolute atomic E-state index is 13.7. The lowest BCUT2D eigenvalue weighted by Gasteiger charge is -2.36. The Morgan fingerprint density at radius 3 is 2.86 bits per heavy atom. The van der Waals surface area contributed by atoms with Crippen molar-refractivity contribution >= 4 is 29.7 Å². The van der Waals surface area contributed by atoms with Crippen molar-refractivity contribution in [2.45, 2.75) is 31.3 Å². The van der Waals surface area contributed by atoms with E-state index in [1.807, 2.05) is 0 Å². The summed E-state index contributed by atoms with van der Waals surface area (Å²) in [5, 5.41) is 3.84. The quantitative estimate of drug-likeness (QED) is 0.809. The highest BCUT2D eigenvalue weighted by molar-refractivity contribution is 7.80. The van der Waals surface area contributed by atoms with Gasteiger partial charge in [-0.1, -0.05) is 0 Å². The van der Waals surface area contributed by atoms with Crippen molar-refractivity contribution in [3.63, 3.8) is 0 Å². The Morgan fingerprint density at radius 2 is 2.14 bits per heavy atom. The van der Waals surface area contributed by atoms with Gasteiger partial charge in [0, 0.05) is 25.2 Å². The fourth-order valence-corrected chi connectivity index (χ4v) is 3.63. The molecule has 0 spiro atoms. The molecule has 116 valence electrons. The summed E-state index contributed by atoms with van der Waals surface area (Å²) < 4.78 is 27.1. The van der Waals surface area contributed by atoms with Crippen LogP contribution in [0, 0.1) is 11.6 Å². The Balaban J connectivity index is 0.00000161. The molecule has 3 nitrogen and oxygen atoms in total. The van der Waals surface area contributed by atoms with Crippen LogP contribution in [-0.2, 0) is 12.8 Å². The van der Waals surface area contributed by atoms with E-state index in [0.29, 0.717) is 30.1 Å². The first-order chi connectivity index (χ1) is 9.60. The van der Waals surface area contributed by atoms with E-state index in [2.05, 4.69) is 10.2 Å². The standard InChI is InChI=1S/C14H17F2N3S.ClH/c15-9-3-8-4-10(1-2-12(8)13(16)5-9)19-11(6-17)7-18-14(19)20;/h3,5,10-11H,1-2,4,6-7,17H2,(H,18,20);1H. The summed E-state index contributed by atoms with van der Waals surface area (Å²) in [5.41, 5.74) is 7.17. The molecule has 1 aliphatic heterocycles. The number of fused-ring (bicyclic) bond motifs is 1. The minimum atomic E-state index is -0.514. The minimum absolute atomic E-state index is 0. The Morgan fingerprint density at radius 1 is 1.38 bits per heavy atom. The minimum Gasteiger partial charge on any atom is -0.360 e. The van der Waals surface area contributed by atoms with Crippen molar-refractivity contribution in [1.29, 1.82) is 0 Å². The molecular formula is C14H18ClF2N3S. The molecule has 0 radical (unpaired) electrons. The van der Waals surface area contributed by atoms with Crippen LogP contribution >= 0.6 is 24.6 Å². The van der Waals surface area contributed by atoms with Crippen LogP contribution in [0.2, 0.25) is 0 Å². The van der Waals surface area contributed by atoms with Crippen molar-refractivity contribution in [3.05, 3.63) is 34.9 Å². The molecule has 2 atom stereocenters. The summed E-state index contributed by atoms with van der Waals surface area (Å²) in [6, 6.07) is 2.74. The van der Waals surface area contributed by atoms with E-state index in [9.17, 15) is 8.78 Å². The zero-order chi connectivity index (χ0) is 14.3. The number of nitrogens with one attached hydrogen (secondary N) is 1. The topological polar surface area (TPSA) is 41.3 Å². The molecule has 1 aromatic rings. The third kappa shape index (κ3) is 2.98. The van der Waals surface area contributed by atoms with Gasteiger partial charge in [-0.05, 0) is 48.7 Å². The van der Waals surface area contributed by atoms with Gasteiger partial charge in [-0.15, -0.1) is 12.4 Å². The molecule has 3 rings (SSSR count). The summed E-state index contributed by atoms with van der Waals surface area (Å²) >= 11 is 5.33. The van der Waals surface area contributed by atoms with E-state index in [0.717, 1.165) is 24.6 Å². The number of halogens is 3. The highest BCUT2D eigenvalue weighted by atomic mass is 35.5. The molecule has 1 saturated heterocycles. The van der Waals surface area contributed by atoms with Crippen LogP contribution in [0.5, 0.6) is 0 Å². The first-order valence-corrected chi connectivity index (χ1v) is 7.24. The van der Waals surface area contributed by atoms with Crippen molar-refractivity contribution < 1.29 is 8.78 Å². The van der Waals surface area contributed by atoms with Crippen molar-refractivity contribution in [2.75, 3.05) is 13.1 Å². The van der Waals surface area contributed by atoms with Gasteiger partial charge in [0.05, 0.1) is 6.04 Å². The summed E-state index contributed by atoms with van der Waals surface area (Å²) in [5.74, 6) is -0.949. The van der Waals surface area contributed by atoms with Crippen LogP contribution in [0.1, 0.15) is 17.5 Å². The van der Waals surface area contributed by atoms with Crippen LogP contribution in [0.3, 0.4) is 0 Å². The lowest BCUT2D eigenvalue weighted by Crippen LogP contribution is -2.48. The number of rotatable bonds is 2. The van der Waals surface area contributed by atoms with E-state index >= 15 is 0 Å². The summed E-state index contributed by atoms with van der Waals surface area (Å²) in [6.07, 6.45) is 2.04. The Hall–Kier alpha value is -0.980. The lowest BCUT2D eigenvalue weighted by molar-refractivity contribution is 0.247. The molecule has 2 aliphatic rings. The normalized spacial score (nSPS) is 24.3. The molecule has 21 heavy (non-hydrogen) atoms. The summed E-state index contributed by atoms with van der Waals surface area (Å²) in [7, 11) is 0. The van der Waals surface area contributed by atoms with Gasteiger partial charge in [0.15, 0.2) is 5.11 Å². The average Bonchev–Trinajstić information content (AvgIpc) is 2.78. The highest BCUT2D eigenvalue weighted by Gasteiger charge is 2.35. The van der Waals surface area contributed by atoms with Gasteiger partial charge in [-0.25, -0.2) is 8.78 Å².